The van der Waals surface area contributed by atoms with Gasteiger partial charge in [-0.05, 0) is 17.7 Å². The van der Waals surface area contributed by atoms with E-state index in [0.717, 1.165) is 5.56 Å². The van der Waals surface area contributed by atoms with Gasteiger partial charge >= 0.3 is 0 Å². The molecule has 0 spiro atoms. The van der Waals surface area contributed by atoms with E-state index in [1.165, 1.54) is 0 Å². The van der Waals surface area contributed by atoms with Crippen LogP contribution in [0.5, 0.6) is 11.5 Å². The maximum absolute atomic E-state index is 10.4. The molecule has 0 saturated heterocycles. The predicted octanol–water partition coefficient (Wildman–Crippen LogP) is 1.54. The highest BCUT2D eigenvalue weighted by atomic mass is 16.6. The summed E-state index contributed by atoms with van der Waals surface area (Å²) in [5.74, 6) is 1.23. The quantitative estimate of drug-likeness (QED) is 0.833. The maximum Gasteiger partial charge on any atom is 0.161 e. The van der Waals surface area contributed by atoms with Crippen LogP contribution in [0.1, 0.15) is 25.5 Å². The van der Waals surface area contributed by atoms with E-state index in [-0.39, 0.29) is 0 Å². The van der Waals surface area contributed by atoms with Crippen molar-refractivity contribution >= 4 is 0 Å². The van der Waals surface area contributed by atoms with Gasteiger partial charge in [-0.2, -0.15) is 0 Å². The summed E-state index contributed by atoms with van der Waals surface area (Å²) in [6.45, 7) is 8.45. The lowest BCUT2D eigenvalue weighted by molar-refractivity contribution is 0.00708. The van der Waals surface area contributed by atoms with Crippen LogP contribution in [0.3, 0.4) is 0 Å². The van der Waals surface area contributed by atoms with Gasteiger partial charge in [0.25, 0.3) is 0 Å². The summed E-state index contributed by atoms with van der Waals surface area (Å²) in [4.78, 5) is 0. The van der Waals surface area contributed by atoms with Crippen molar-refractivity contribution in [3.63, 3.8) is 0 Å². The van der Waals surface area contributed by atoms with Crippen LogP contribution in [-0.4, -0.2) is 70.5 Å². The Kier molecular flexibility index (Phi) is 9.73. The fraction of sp³-hybridized carbons (Fsp3) is 0.684. The average molecular weight is 369 g/mol. The minimum Gasteiger partial charge on any atom is -0.487 e. The number of aliphatic hydroxyl groups excluding tert-OH is 1. The van der Waals surface area contributed by atoms with Gasteiger partial charge in [-0.15, -0.1) is 0 Å². The summed E-state index contributed by atoms with van der Waals surface area (Å²) in [6, 6.07) is 5.82. The lowest BCUT2D eigenvalue weighted by Crippen LogP contribution is -2.27. The molecule has 1 atom stereocenters. The molecule has 0 radical (unpaired) electrons. The van der Waals surface area contributed by atoms with E-state index in [0.29, 0.717) is 76.9 Å². The predicted molar refractivity (Wildman–Crippen MR) is 98.0 cm³/mol. The van der Waals surface area contributed by atoms with Crippen LogP contribution in [0.4, 0.5) is 0 Å². The lowest BCUT2D eigenvalue weighted by atomic mass is 10.1. The summed E-state index contributed by atoms with van der Waals surface area (Å²) >= 11 is 0. The summed E-state index contributed by atoms with van der Waals surface area (Å²) in [5, 5.41) is 13.6. The monoisotopic (exact) mass is 369 g/mol. The van der Waals surface area contributed by atoms with Gasteiger partial charge in [-0.3, -0.25) is 0 Å². The Morgan fingerprint density at radius 2 is 1.38 bits per heavy atom. The third kappa shape index (κ3) is 7.88. The third-order valence-electron chi connectivity index (χ3n) is 3.79. The van der Waals surface area contributed by atoms with Crippen molar-refractivity contribution in [3.8, 4) is 11.5 Å². The molecule has 0 amide bonds. The fourth-order valence-corrected chi connectivity index (χ4v) is 2.39. The smallest absolute Gasteiger partial charge is 0.161 e. The number of rotatable bonds is 4. The van der Waals surface area contributed by atoms with E-state index in [1.54, 1.807) is 0 Å². The molecule has 26 heavy (non-hydrogen) atoms. The Morgan fingerprint density at radius 1 is 0.846 bits per heavy atom. The normalized spacial score (nSPS) is 18.8. The Hall–Kier alpha value is -1.38. The van der Waals surface area contributed by atoms with E-state index in [9.17, 15) is 5.11 Å². The number of aliphatic hydroxyl groups is 1. The summed E-state index contributed by atoms with van der Waals surface area (Å²) < 4.78 is 27.9. The van der Waals surface area contributed by atoms with Crippen molar-refractivity contribution in [2.45, 2.75) is 26.0 Å². The number of nitrogens with one attached hydrogen (secondary N) is 1. The molecule has 2 rings (SSSR count). The first kappa shape index (κ1) is 20.9. The number of hydrogen-bond donors (Lipinski definition) is 2. The molecular weight excluding hydrogens is 338 g/mol. The summed E-state index contributed by atoms with van der Waals surface area (Å²) in [5.41, 5.74) is 0.781. The minimum absolute atomic E-state index is 0.312. The van der Waals surface area contributed by atoms with Crippen molar-refractivity contribution in [3.05, 3.63) is 23.8 Å². The van der Waals surface area contributed by atoms with E-state index in [2.05, 4.69) is 5.32 Å². The molecule has 1 aromatic carbocycles. The van der Waals surface area contributed by atoms with Crippen LogP contribution in [-0.2, 0) is 14.2 Å². The van der Waals surface area contributed by atoms with Crippen LogP contribution in [0.15, 0.2) is 18.2 Å². The van der Waals surface area contributed by atoms with Crippen molar-refractivity contribution in [1.82, 2.24) is 5.32 Å². The molecule has 148 valence electrons. The maximum atomic E-state index is 10.4. The zero-order valence-corrected chi connectivity index (χ0v) is 15.7. The molecule has 1 aliphatic rings. The van der Waals surface area contributed by atoms with Gasteiger partial charge < -0.3 is 34.1 Å². The molecule has 0 saturated carbocycles. The van der Waals surface area contributed by atoms with Crippen LogP contribution >= 0.6 is 0 Å². The second-order valence-electron chi connectivity index (χ2n) is 6.32. The van der Waals surface area contributed by atoms with Gasteiger partial charge in [-0.25, -0.2) is 0 Å². The summed E-state index contributed by atoms with van der Waals surface area (Å²) in [7, 11) is 0. The van der Waals surface area contributed by atoms with Gasteiger partial charge in [0, 0.05) is 12.6 Å². The van der Waals surface area contributed by atoms with E-state index >= 15 is 0 Å². The second kappa shape index (κ2) is 12.1. The van der Waals surface area contributed by atoms with Crippen LogP contribution in [0.2, 0.25) is 0 Å². The third-order valence-corrected chi connectivity index (χ3v) is 3.79. The zero-order valence-electron chi connectivity index (χ0n) is 15.7. The standard InChI is InChI=1S/C19H31NO6/c1-15(2)20-14-17(21)16-3-4-18-19(13-16)26-12-10-24-8-6-22-5-7-23-9-11-25-18/h3-4,13,15,17,20-21H,5-12,14H2,1-2H3/t17-/m1/s1. The first-order valence-electron chi connectivity index (χ1n) is 9.21. The highest BCUT2D eigenvalue weighted by molar-refractivity contribution is 5.43. The zero-order chi connectivity index (χ0) is 18.6. The molecule has 1 aliphatic heterocycles. The van der Waals surface area contributed by atoms with Gasteiger partial charge in [0.05, 0.1) is 45.7 Å². The van der Waals surface area contributed by atoms with Crippen molar-refractivity contribution < 1.29 is 28.8 Å². The van der Waals surface area contributed by atoms with Crippen LogP contribution < -0.4 is 14.8 Å². The summed E-state index contributed by atoms with van der Waals surface area (Å²) in [6.07, 6.45) is -0.611. The molecule has 7 nitrogen and oxygen atoms in total. The molecule has 7 heteroatoms. The van der Waals surface area contributed by atoms with E-state index in [4.69, 9.17) is 23.7 Å². The molecule has 0 fully saturated rings. The van der Waals surface area contributed by atoms with Crippen LogP contribution in [0, 0.1) is 0 Å². The lowest BCUT2D eigenvalue weighted by Gasteiger charge is -2.18. The second-order valence-corrected chi connectivity index (χ2v) is 6.32. The fourth-order valence-electron chi connectivity index (χ4n) is 2.39. The largest absolute Gasteiger partial charge is 0.487 e. The van der Waals surface area contributed by atoms with Gasteiger partial charge in [0.15, 0.2) is 11.5 Å². The first-order chi connectivity index (χ1) is 12.7. The van der Waals surface area contributed by atoms with E-state index in [1.807, 2.05) is 32.0 Å². The average Bonchev–Trinajstić information content (AvgIpc) is 2.64. The molecule has 2 N–H and O–H groups in total. The molecule has 0 aliphatic carbocycles. The number of hydrogen-bond acceptors (Lipinski definition) is 7. The molecular formula is C19H31NO6. The molecule has 0 bridgehead atoms. The minimum atomic E-state index is -0.611. The van der Waals surface area contributed by atoms with Crippen molar-refractivity contribution in [2.24, 2.45) is 0 Å². The Labute approximate surface area is 155 Å². The molecule has 1 aromatic rings. The molecule has 1 heterocycles. The van der Waals surface area contributed by atoms with Crippen LogP contribution in [0.25, 0.3) is 0 Å². The Balaban J connectivity index is 2.01. The highest BCUT2D eigenvalue weighted by Crippen LogP contribution is 2.30. The van der Waals surface area contributed by atoms with Crippen molar-refractivity contribution in [2.75, 3.05) is 59.4 Å². The number of benzene rings is 1. The molecule has 0 unspecified atom stereocenters. The van der Waals surface area contributed by atoms with Gasteiger partial charge in [0.1, 0.15) is 13.2 Å². The van der Waals surface area contributed by atoms with Gasteiger partial charge in [-0.1, -0.05) is 19.9 Å². The highest BCUT2D eigenvalue weighted by Gasteiger charge is 2.13. The van der Waals surface area contributed by atoms with Gasteiger partial charge in [0.2, 0.25) is 0 Å². The number of ether oxygens (including phenoxy) is 5. The SMILES string of the molecule is CC(C)NC[C@@H](O)c1ccc2c(c1)OCCOCCOCCOCCO2. The molecule has 0 aromatic heterocycles. The Bertz CT molecular complexity index is 511. The first-order valence-corrected chi connectivity index (χ1v) is 9.21. The Morgan fingerprint density at radius 3 is 1.96 bits per heavy atom. The van der Waals surface area contributed by atoms with Crippen molar-refractivity contribution in [1.29, 1.82) is 0 Å². The van der Waals surface area contributed by atoms with E-state index < -0.39 is 6.10 Å². The topological polar surface area (TPSA) is 78.4 Å². The number of fused-ring (bicyclic) bond motifs is 1.